The molecule has 2 heterocycles. The second-order valence-corrected chi connectivity index (χ2v) is 4.94. The van der Waals surface area contributed by atoms with Crippen LogP contribution in [0.5, 0.6) is 0 Å². The van der Waals surface area contributed by atoms with E-state index in [1.807, 2.05) is 14.0 Å². The summed E-state index contributed by atoms with van der Waals surface area (Å²) in [7, 11) is 1.81. The summed E-state index contributed by atoms with van der Waals surface area (Å²) in [6.45, 7) is 2.05. The molecular weight excluding hydrogens is 238 g/mol. The average molecular weight is 251 g/mol. The van der Waals surface area contributed by atoms with E-state index in [1.54, 1.807) is 23.0 Å². The van der Waals surface area contributed by atoms with Crippen LogP contribution in [-0.4, -0.2) is 15.7 Å². The van der Waals surface area contributed by atoms with E-state index in [1.165, 1.54) is 11.3 Å². The number of aryl methyl sites for hydroxylation is 2. The van der Waals surface area contributed by atoms with E-state index in [2.05, 4.69) is 5.10 Å². The third-order valence-corrected chi connectivity index (χ3v) is 3.32. The summed E-state index contributed by atoms with van der Waals surface area (Å²) in [5.41, 5.74) is 7.02. The predicted octanol–water partition coefficient (Wildman–Crippen LogP) is 1.73. The molecule has 0 atom stereocenters. The summed E-state index contributed by atoms with van der Waals surface area (Å²) in [6, 6.07) is 3.45. The molecule has 17 heavy (non-hydrogen) atoms. The molecule has 0 unspecified atom stereocenters. The third kappa shape index (κ3) is 2.65. The SMILES string of the molecule is Cc1sc(C(=O)OCc2ccn(C)n2)cc1N. The Morgan fingerprint density at radius 2 is 2.41 bits per heavy atom. The van der Waals surface area contributed by atoms with Gasteiger partial charge in [-0.15, -0.1) is 11.3 Å². The van der Waals surface area contributed by atoms with Gasteiger partial charge in [-0.2, -0.15) is 5.10 Å². The quantitative estimate of drug-likeness (QED) is 0.843. The number of thiophene rings is 1. The molecule has 2 aromatic rings. The zero-order valence-electron chi connectivity index (χ0n) is 9.64. The van der Waals surface area contributed by atoms with Gasteiger partial charge in [0.05, 0.1) is 5.69 Å². The highest BCUT2D eigenvalue weighted by Gasteiger charge is 2.12. The van der Waals surface area contributed by atoms with Crippen LogP contribution in [0.2, 0.25) is 0 Å². The molecule has 0 amide bonds. The minimum Gasteiger partial charge on any atom is -0.455 e. The first kappa shape index (κ1) is 11.7. The molecule has 0 bridgehead atoms. The van der Waals surface area contributed by atoms with Crippen molar-refractivity contribution in [3.05, 3.63) is 33.8 Å². The van der Waals surface area contributed by atoms with Gasteiger partial charge in [-0.25, -0.2) is 4.79 Å². The zero-order chi connectivity index (χ0) is 12.4. The first-order valence-corrected chi connectivity index (χ1v) is 5.89. The fourth-order valence-electron chi connectivity index (χ4n) is 1.35. The Balaban J connectivity index is 1.98. The summed E-state index contributed by atoms with van der Waals surface area (Å²) in [5.74, 6) is -0.361. The summed E-state index contributed by atoms with van der Waals surface area (Å²) in [4.78, 5) is 13.1. The van der Waals surface area contributed by atoms with E-state index >= 15 is 0 Å². The maximum atomic E-state index is 11.7. The van der Waals surface area contributed by atoms with Crippen LogP contribution in [0.25, 0.3) is 0 Å². The first-order chi connectivity index (χ1) is 8.06. The number of nitrogens with two attached hydrogens (primary N) is 1. The van der Waals surface area contributed by atoms with Gasteiger partial charge in [-0.05, 0) is 19.1 Å². The van der Waals surface area contributed by atoms with Crippen LogP contribution < -0.4 is 5.73 Å². The highest BCUT2D eigenvalue weighted by Crippen LogP contribution is 2.24. The molecule has 0 aliphatic carbocycles. The van der Waals surface area contributed by atoms with Gasteiger partial charge >= 0.3 is 5.97 Å². The van der Waals surface area contributed by atoms with Gasteiger partial charge in [0, 0.05) is 23.8 Å². The van der Waals surface area contributed by atoms with Crippen molar-refractivity contribution >= 4 is 23.0 Å². The maximum absolute atomic E-state index is 11.7. The molecule has 0 aliphatic heterocycles. The number of nitrogen functional groups attached to an aromatic ring is 1. The van der Waals surface area contributed by atoms with Crippen LogP contribution in [0.15, 0.2) is 18.3 Å². The second-order valence-electron chi connectivity index (χ2n) is 3.68. The Hall–Kier alpha value is -1.82. The largest absolute Gasteiger partial charge is 0.455 e. The van der Waals surface area contributed by atoms with Crippen LogP contribution in [0.3, 0.4) is 0 Å². The van der Waals surface area contributed by atoms with Crippen molar-refractivity contribution in [3.63, 3.8) is 0 Å². The van der Waals surface area contributed by atoms with Gasteiger partial charge in [0.2, 0.25) is 0 Å². The van der Waals surface area contributed by atoms with Crippen molar-refractivity contribution in [2.45, 2.75) is 13.5 Å². The highest BCUT2D eigenvalue weighted by molar-refractivity contribution is 7.14. The van der Waals surface area contributed by atoms with Gasteiger partial charge in [-0.1, -0.05) is 0 Å². The Bertz CT molecular complexity index is 525. The molecule has 0 radical (unpaired) electrons. The van der Waals surface area contributed by atoms with Gasteiger partial charge < -0.3 is 10.5 Å². The Morgan fingerprint density at radius 3 is 2.94 bits per heavy atom. The van der Waals surface area contributed by atoms with Crippen LogP contribution in [0.4, 0.5) is 5.69 Å². The fraction of sp³-hybridized carbons (Fsp3) is 0.273. The normalized spacial score (nSPS) is 10.5. The number of carbonyl (C=O) groups excluding carboxylic acids is 1. The molecule has 0 spiro atoms. The number of anilines is 1. The minimum absolute atomic E-state index is 0.177. The van der Waals surface area contributed by atoms with Gasteiger partial charge in [-0.3, -0.25) is 4.68 Å². The zero-order valence-corrected chi connectivity index (χ0v) is 10.5. The molecule has 0 aliphatic rings. The van der Waals surface area contributed by atoms with Gasteiger partial charge in [0.15, 0.2) is 0 Å². The van der Waals surface area contributed by atoms with Crippen LogP contribution in [0, 0.1) is 6.92 Å². The van der Waals surface area contributed by atoms with E-state index in [0.29, 0.717) is 10.6 Å². The average Bonchev–Trinajstić information content (AvgIpc) is 2.83. The standard InChI is InChI=1S/C11H13N3O2S/c1-7-9(12)5-10(17-7)11(15)16-6-8-3-4-14(2)13-8/h3-5H,6,12H2,1-2H3. The van der Waals surface area contributed by atoms with Crippen molar-refractivity contribution in [2.75, 3.05) is 5.73 Å². The molecule has 0 fully saturated rings. The number of hydrogen-bond donors (Lipinski definition) is 1. The van der Waals surface area contributed by atoms with Crippen LogP contribution >= 0.6 is 11.3 Å². The lowest BCUT2D eigenvalue weighted by Gasteiger charge is -1.99. The lowest BCUT2D eigenvalue weighted by Crippen LogP contribution is -2.04. The number of carbonyl (C=O) groups is 1. The molecule has 2 N–H and O–H groups in total. The summed E-state index contributed by atoms with van der Waals surface area (Å²) < 4.78 is 6.80. The lowest BCUT2D eigenvalue weighted by molar-refractivity contribution is 0.0473. The van der Waals surface area contributed by atoms with Crippen molar-refractivity contribution in [2.24, 2.45) is 7.05 Å². The summed E-state index contributed by atoms with van der Waals surface area (Å²) in [6.07, 6.45) is 1.80. The monoisotopic (exact) mass is 251 g/mol. The molecule has 6 heteroatoms. The third-order valence-electron chi connectivity index (χ3n) is 2.28. The molecule has 2 rings (SSSR count). The number of hydrogen-bond acceptors (Lipinski definition) is 5. The van der Waals surface area contributed by atoms with Gasteiger partial charge in [0.25, 0.3) is 0 Å². The van der Waals surface area contributed by atoms with Crippen LogP contribution in [0.1, 0.15) is 20.2 Å². The number of ether oxygens (including phenoxy) is 1. The molecular formula is C11H13N3O2S. The number of nitrogens with zero attached hydrogens (tertiary/aromatic N) is 2. The van der Waals surface area contributed by atoms with E-state index in [9.17, 15) is 4.79 Å². The summed E-state index contributed by atoms with van der Waals surface area (Å²) in [5, 5.41) is 4.12. The van der Waals surface area contributed by atoms with Crippen molar-refractivity contribution in [1.29, 1.82) is 0 Å². The Morgan fingerprint density at radius 1 is 1.65 bits per heavy atom. The van der Waals surface area contributed by atoms with E-state index in [-0.39, 0.29) is 12.6 Å². The topological polar surface area (TPSA) is 70.1 Å². The van der Waals surface area contributed by atoms with E-state index in [4.69, 9.17) is 10.5 Å². The number of esters is 1. The maximum Gasteiger partial charge on any atom is 0.348 e. The van der Waals surface area contributed by atoms with E-state index in [0.717, 1.165) is 10.6 Å². The van der Waals surface area contributed by atoms with Crippen molar-refractivity contribution < 1.29 is 9.53 Å². The predicted molar refractivity (Wildman–Crippen MR) is 65.8 cm³/mol. The number of rotatable bonds is 3. The minimum atomic E-state index is -0.361. The summed E-state index contributed by atoms with van der Waals surface area (Å²) >= 11 is 1.34. The Labute approximate surface area is 103 Å². The van der Waals surface area contributed by atoms with Crippen molar-refractivity contribution in [1.82, 2.24) is 9.78 Å². The molecule has 2 aromatic heterocycles. The molecule has 0 aromatic carbocycles. The second kappa shape index (κ2) is 4.58. The van der Waals surface area contributed by atoms with Crippen molar-refractivity contribution in [3.8, 4) is 0 Å². The van der Waals surface area contributed by atoms with Gasteiger partial charge in [0.1, 0.15) is 11.5 Å². The Kier molecular flexibility index (Phi) is 3.14. The fourth-order valence-corrected chi connectivity index (χ4v) is 2.18. The molecule has 0 saturated heterocycles. The first-order valence-electron chi connectivity index (χ1n) is 5.08. The molecule has 0 saturated carbocycles. The molecule has 5 nitrogen and oxygen atoms in total. The van der Waals surface area contributed by atoms with E-state index < -0.39 is 0 Å². The lowest BCUT2D eigenvalue weighted by atomic mass is 10.4. The highest BCUT2D eigenvalue weighted by atomic mass is 32.1. The smallest absolute Gasteiger partial charge is 0.348 e. The number of aromatic nitrogens is 2. The van der Waals surface area contributed by atoms with Crippen LogP contribution in [-0.2, 0) is 18.4 Å². The molecule has 90 valence electrons.